The van der Waals surface area contributed by atoms with Gasteiger partial charge in [-0.25, -0.2) is 0 Å². The predicted molar refractivity (Wildman–Crippen MR) is 64.5 cm³/mol. The second kappa shape index (κ2) is 3.91. The summed E-state index contributed by atoms with van der Waals surface area (Å²) < 4.78 is 0. The van der Waals surface area contributed by atoms with Crippen LogP contribution in [0.15, 0.2) is 12.1 Å². The van der Waals surface area contributed by atoms with Gasteiger partial charge in [-0.1, -0.05) is 17.7 Å². The van der Waals surface area contributed by atoms with Crippen LogP contribution in [0.1, 0.15) is 33.5 Å². The number of nitrogens with two attached hydrogens (primary N) is 1. The van der Waals surface area contributed by atoms with E-state index in [2.05, 4.69) is 5.32 Å². The van der Waals surface area contributed by atoms with Crippen molar-refractivity contribution in [3.8, 4) is 0 Å². The Kier molecular flexibility index (Phi) is 2.72. The van der Waals surface area contributed by atoms with Crippen molar-refractivity contribution >= 4 is 5.91 Å². The number of carbonyl (C=O) groups is 1. The molecule has 0 spiro atoms. The summed E-state index contributed by atoms with van der Waals surface area (Å²) in [7, 11) is 0. The fourth-order valence-corrected chi connectivity index (χ4v) is 2.16. The van der Waals surface area contributed by atoms with Crippen LogP contribution in [0.25, 0.3) is 0 Å². The molecule has 1 fully saturated rings. The van der Waals surface area contributed by atoms with Gasteiger partial charge >= 0.3 is 0 Å². The number of carbonyl (C=O) groups excluding carboxylic acids is 1. The molecule has 86 valence electrons. The summed E-state index contributed by atoms with van der Waals surface area (Å²) in [4.78, 5) is 12.0. The van der Waals surface area contributed by atoms with Crippen molar-refractivity contribution in [3.05, 3.63) is 34.4 Å². The van der Waals surface area contributed by atoms with Crippen molar-refractivity contribution in [2.24, 2.45) is 5.73 Å². The standard InChI is InChI=1S/C13H18N2O/c1-7-4-8(2)12(9(3)5-7)13(16)15-11-6-10(11)14/h4-5,10-11H,6,14H2,1-3H3,(H,15,16). The van der Waals surface area contributed by atoms with Gasteiger partial charge in [0.15, 0.2) is 0 Å². The van der Waals surface area contributed by atoms with E-state index in [1.54, 1.807) is 0 Å². The van der Waals surface area contributed by atoms with Gasteiger partial charge in [0.1, 0.15) is 0 Å². The molecule has 16 heavy (non-hydrogen) atoms. The number of rotatable bonds is 2. The van der Waals surface area contributed by atoms with Crippen LogP contribution >= 0.6 is 0 Å². The quantitative estimate of drug-likeness (QED) is 0.789. The Bertz CT molecular complexity index is 417. The molecule has 0 bridgehead atoms. The van der Waals surface area contributed by atoms with Crippen molar-refractivity contribution in [1.82, 2.24) is 5.32 Å². The molecule has 0 radical (unpaired) electrons. The van der Waals surface area contributed by atoms with Gasteiger partial charge in [0, 0.05) is 17.6 Å². The van der Waals surface area contributed by atoms with Gasteiger partial charge in [0.25, 0.3) is 5.91 Å². The molecule has 2 atom stereocenters. The maximum absolute atomic E-state index is 12.0. The van der Waals surface area contributed by atoms with Crippen LogP contribution in [-0.4, -0.2) is 18.0 Å². The third-order valence-electron chi connectivity index (χ3n) is 3.06. The van der Waals surface area contributed by atoms with E-state index in [1.165, 1.54) is 5.56 Å². The first-order chi connectivity index (χ1) is 7.49. The van der Waals surface area contributed by atoms with Crippen LogP contribution in [0.4, 0.5) is 0 Å². The van der Waals surface area contributed by atoms with Crippen molar-refractivity contribution in [2.45, 2.75) is 39.3 Å². The normalized spacial score (nSPS) is 23.0. The van der Waals surface area contributed by atoms with Crippen LogP contribution in [0, 0.1) is 20.8 Å². The zero-order valence-electron chi connectivity index (χ0n) is 10.0. The smallest absolute Gasteiger partial charge is 0.252 e. The van der Waals surface area contributed by atoms with E-state index >= 15 is 0 Å². The fourth-order valence-electron chi connectivity index (χ4n) is 2.16. The molecule has 1 saturated carbocycles. The minimum atomic E-state index is 0.00736. The third-order valence-corrected chi connectivity index (χ3v) is 3.06. The van der Waals surface area contributed by atoms with Crippen molar-refractivity contribution in [3.63, 3.8) is 0 Å². The maximum Gasteiger partial charge on any atom is 0.252 e. The van der Waals surface area contributed by atoms with Gasteiger partial charge in [-0.15, -0.1) is 0 Å². The van der Waals surface area contributed by atoms with Gasteiger partial charge in [-0.2, -0.15) is 0 Å². The second-order valence-electron chi connectivity index (χ2n) is 4.75. The Morgan fingerprint density at radius 2 is 1.81 bits per heavy atom. The SMILES string of the molecule is Cc1cc(C)c(C(=O)NC2CC2N)c(C)c1. The highest BCUT2D eigenvalue weighted by Gasteiger charge is 2.35. The largest absolute Gasteiger partial charge is 0.348 e. The van der Waals surface area contributed by atoms with Gasteiger partial charge in [-0.3, -0.25) is 4.79 Å². The van der Waals surface area contributed by atoms with Gasteiger partial charge in [0.2, 0.25) is 0 Å². The van der Waals surface area contributed by atoms with Crippen LogP contribution in [0.2, 0.25) is 0 Å². The van der Waals surface area contributed by atoms with Gasteiger partial charge < -0.3 is 11.1 Å². The van der Waals surface area contributed by atoms with Crippen LogP contribution in [0.3, 0.4) is 0 Å². The highest BCUT2D eigenvalue weighted by Crippen LogP contribution is 2.21. The molecule has 0 saturated heterocycles. The zero-order valence-corrected chi connectivity index (χ0v) is 10.0. The van der Waals surface area contributed by atoms with E-state index in [1.807, 2.05) is 32.9 Å². The average molecular weight is 218 g/mol. The highest BCUT2D eigenvalue weighted by molar-refractivity contribution is 5.97. The number of nitrogens with one attached hydrogen (secondary N) is 1. The first-order valence-corrected chi connectivity index (χ1v) is 5.63. The topological polar surface area (TPSA) is 55.1 Å². The molecule has 1 amide bonds. The molecule has 1 aromatic carbocycles. The van der Waals surface area contributed by atoms with E-state index in [-0.39, 0.29) is 18.0 Å². The lowest BCUT2D eigenvalue weighted by Crippen LogP contribution is -2.30. The van der Waals surface area contributed by atoms with Gasteiger partial charge in [-0.05, 0) is 38.3 Å². The number of aryl methyl sites for hydroxylation is 3. The van der Waals surface area contributed by atoms with E-state index in [0.717, 1.165) is 23.1 Å². The van der Waals surface area contributed by atoms with Crippen molar-refractivity contribution in [1.29, 1.82) is 0 Å². The molecule has 3 nitrogen and oxygen atoms in total. The fraction of sp³-hybridized carbons (Fsp3) is 0.462. The molecule has 0 aromatic heterocycles. The van der Waals surface area contributed by atoms with Crippen molar-refractivity contribution in [2.75, 3.05) is 0 Å². The molecule has 3 N–H and O–H groups in total. The molecular weight excluding hydrogens is 200 g/mol. The summed E-state index contributed by atoms with van der Waals surface area (Å²) in [6, 6.07) is 4.39. The molecular formula is C13H18N2O. The summed E-state index contributed by atoms with van der Waals surface area (Å²) in [5.74, 6) is 0.00736. The highest BCUT2D eigenvalue weighted by atomic mass is 16.1. The van der Waals surface area contributed by atoms with E-state index in [4.69, 9.17) is 5.73 Å². The molecule has 1 aliphatic rings. The molecule has 0 aliphatic heterocycles. The van der Waals surface area contributed by atoms with Crippen LogP contribution in [-0.2, 0) is 0 Å². The summed E-state index contributed by atoms with van der Waals surface area (Å²) in [6.45, 7) is 5.99. The number of benzene rings is 1. The van der Waals surface area contributed by atoms with E-state index in [0.29, 0.717) is 0 Å². The first kappa shape index (κ1) is 11.1. The maximum atomic E-state index is 12.0. The number of hydrogen-bond donors (Lipinski definition) is 2. The third kappa shape index (κ3) is 2.09. The Balaban J connectivity index is 2.22. The lowest BCUT2D eigenvalue weighted by Gasteiger charge is -2.11. The van der Waals surface area contributed by atoms with Crippen LogP contribution in [0.5, 0.6) is 0 Å². The summed E-state index contributed by atoms with van der Waals surface area (Å²) in [6.07, 6.45) is 0.899. The number of hydrogen-bond acceptors (Lipinski definition) is 2. The Hall–Kier alpha value is -1.35. The molecule has 1 aliphatic carbocycles. The van der Waals surface area contributed by atoms with E-state index in [9.17, 15) is 4.79 Å². The number of amides is 1. The lowest BCUT2D eigenvalue weighted by atomic mass is 9.99. The Morgan fingerprint density at radius 1 is 1.31 bits per heavy atom. The van der Waals surface area contributed by atoms with Crippen molar-refractivity contribution < 1.29 is 4.79 Å². The van der Waals surface area contributed by atoms with Gasteiger partial charge in [0.05, 0.1) is 0 Å². The summed E-state index contributed by atoms with van der Waals surface area (Å²) >= 11 is 0. The predicted octanol–water partition coefficient (Wildman–Crippen LogP) is 1.44. The Labute approximate surface area is 96.0 Å². The zero-order chi connectivity index (χ0) is 11.9. The first-order valence-electron chi connectivity index (χ1n) is 5.63. The minimum Gasteiger partial charge on any atom is -0.348 e. The average Bonchev–Trinajstić information content (AvgIpc) is 2.79. The summed E-state index contributed by atoms with van der Waals surface area (Å²) in [5, 5.41) is 2.96. The molecule has 1 aromatic rings. The molecule has 3 heteroatoms. The second-order valence-corrected chi connectivity index (χ2v) is 4.75. The lowest BCUT2D eigenvalue weighted by molar-refractivity contribution is 0.0949. The molecule has 2 unspecified atom stereocenters. The molecule has 2 rings (SSSR count). The van der Waals surface area contributed by atoms with E-state index < -0.39 is 0 Å². The summed E-state index contributed by atoms with van der Waals surface area (Å²) in [5.41, 5.74) is 9.73. The Morgan fingerprint density at radius 3 is 2.25 bits per heavy atom. The van der Waals surface area contributed by atoms with Crippen LogP contribution < -0.4 is 11.1 Å². The minimum absolute atomic E-state index is 0.00736. The molecule has 0 heterocycles. The monoisotopic (exact) mass is 218 g/mol.